The molecule has 1 unspecified atom stereocenters. The third-order valence-corrected chi connectivity index (χ3v) is 2.21. The summed E-state index contributed by atoms with van der Waals surface area (Å²) in [6.07, 6.45) is 0.839. The first-order chi connectivity index (χ1) is 5.88. The Bertz CT molecular complexity index is 247. The fraction of sp³-hybridized carbons (Fsp3) is 0.400. The third kappa shape index (κ3) is 1.29. The predicted octanol–water partition coefficient (Wildman–Crippen LogP) is 2.38. The number of rotatable bonds is 1. The highest BCUT2D eigenvalue weighted by Gasteiger charge is 2.23. The Kier molecular flexibility index (Phi) is 1.98. The fourth-order valence-electron chi connectivity index (χ4n) is 1.59. The normalized spacial score (nSPS) is 23.1. The summed E-state index contributed by atoms with van der Waals surface area (Å²) >= 11 is 0. The number of benzene rings is 1. The number of hydrogen-bond donors (Lipinski definition) is 0. The molecule has 1 aromatic rings. The van der Waals surface area contributed by atoms with Gasteiger partial charge < -0.3 is 4.90 Å². The molecule has 63 valence electrons. The van der Waals surface area contributed by atoms with Crippen LogP contribution in [0.5, 0.6) is 0 Å². The van der Waals surface area contributed by atoms with Gasteiger partial charge in [-0.1, -0.05) is 12.1 Å². The number of halogens is 1. The second-order valence-corrected chi connectivity index (χ2v) is 3.03. The monoisotopic (exact) mass is 164 g/mol. The average Bonchev–Trinajstić information content (AvgIpc) is 2.53. The lowest BCUT2D eigenvalue weighted by Crippen LogP contribution is -2.24. The van der Waals surface area contributed by atoms with Gasteiger partial charge in [-0.3, -0.25) is 0 Å². The van der Waals surface area contributed by atoms with Crippen LogP contribution >= 0.6 is 0 Å². The van der Waals surface area contributed by atoms with E-state index in [9.17, 15) is 4.39 Å². The molecule has 0 N–H and O–H groups in total. The van der Waals surface area contributed by atoms with Crippen LogP contribution in [0.4, 0.5) is 10.1 Å². The molecule has 2 heteroatoms. The summed E-state index contributed by atoms with van der Waals surface area (Å²) in [7, 11) is 0. The van der Waals surface area contributed by atoms with E-state index >= 15 is 0 Å². The Morgan fingerprint density at radius 1 is 1.42 bits per heavy atom. The molecule has 0 aliphatic carbocycles. The van der Waals surface area contributed by atoms with Crippen molar-refractivity contribution in [3.63, 3.8) is 0 Å². The van der Waals surface area contributed by atoms with Gasteiger partial charge in [-0.2, -0.15) is 0 Å². The van der Waals surface area contributed by atoms with E-state index in [4.69, 9.17) is 0 Å². The minimum atomic E-state index is -0.785. The number of nitrogens with zero attached hydrogens (tertiary/aromatic N) is 1. The van der Waals surface area contributed by atoms with Crippen molar-refractivity contribution in [2.45, 2.75) is 19.1 Å². The Morgan fingerprint density at radius 2 is 2.17 bits per heavy atom. The summed E-state index contributed by atoms with van der Waals surface area (Å²) in [6, 6.07) is 10.4. The van der Waals surface area contributed by atoms with Gasteiger partial charge in [0.05, 0.1) is 0 Å². The molecule has 2 rings (SSSR count). The molecule has 12 heavy (non-hydrogen) atoms. The van der Waals surface area contributed by atoms with E-state index in [0.717, 1.165) is 18.7 Å². The second-order valence-electron chi connectivity index (χ2n) is 3.03. The van der Waals surface area contributed by atoms with Crippen molar-refractivity contribution < 1.29 is 4.39 Å². The minimum absolute atomic E-state index is 0.665. The highest BCUT2D eigenvalue weighted by molar-refractivity contribution is 5.47. The van der Waals surface area contributed by atoms with Crippen molar-refractivity contribution in [3.8, 4) is 0 Å². The maximum atomic E-state index is 13.2. The van der Waals surface area contributed by atoms with Crippen LogP contribution in [0.1, 0.15) is 12.8 Å². The highest BCUT2D eigenvalue weighted by atomic mass is 19.1. The Balaban J connectivity index is 2.19. The van der Waals surface area contributed by atoms with Crippen molar-refractivity contribution in [2.24, 2.45) is 0 Å². The number of alkyl halides is 1. The van der Waals surface area contributed by atoms with E-state index in [1.165, 1.54) is 0 Å². The summed E-state index contributed by atoms with van der Waals surface area (Å²) in [6.45, 7) is 0.838. The summed E-state index contributed by atoms with van der Waals surface area (Å²) in [5, 5.41) is 0. The lowest BCUT2D eigenvalue weighted by molar-refractivity contribution is 0.345. The molecule has 1 nitrogen and oxygen atoms in total. The molecule has 1 heterocycles. The zero-order chi connectivity index (χ0) is 8.39. The molecule has 1 atom stereocenters. The van der Waals surface area contributed by atoms with Gasteiger partial charge in [0.15, 0.2) is 6.30 Å². The minimum Gasteiger partial charge on any atom is -0.342 e. The molecule has 1 aliphatic rings. The van der Waals surface area contributed by atoms with Crippen LogP contribution in [0.15, 0.2) is 24.3 Å². The number of anilines is 1. The molecule has 1 saturated heterocycles. The lowest BCUT2D eigenvalue weighted by Gasteiger charge is -2.20. The third-order valence-electron chi connectivity index (χ3n) is 2.21. The first-order valence-electron chi connectivity index (χ1n) is 4.25. The van der Waals surface area contributed by atoms with Gasteiger partial charge in [-0.15, -0.1) is 0 Å². The fourth-order valence-corrected chi connectivity index (χ4v) is 1.59. The van der Waals surface area contributed by atoms with E-state index in [-0.39, 0.29) is 0 Å². The van der Waals surface area contributed by atoms with Crippen molar-refractivity contribution in [1.29, 1.82) is 0 Å². The summed E-state index contributed by atoms with van der Waals surface area (Å²) in [4.78, 5) is 1.80. The lowest BCUT2D eigenvalue weighted by atomic mass is 10.3. The van der Waals surface area contributed by atoms with Crippen molar-refractivity contribution in [1.82, 2.24) is 0 Å². The van der Waals surface area contributed by atoms with Crippen molar-refractivity contribution in [3.05, 3.63) is 30.3 Å². The molecular formula is C10H11FN. The molecule has 1 radical (unpaired) electrons. The molecule has 0 amide bonds. The van der Waals surface area contributed by atoms with E-state index in [2.05, 4.69) is 6.07 Å². The first-order valence-corrected chi connectivity index (χ1v) is 4.25. The molecule has 0 spiro atoms. The van der Waals surface area contributed by atoms with Crippen LogP contribution in [-0.4, -0.2) is 12.8 Å². The van der Waals surface area contributed by atoms with E-state index < -0.39 is 6.30 Å². The van der Waals surface area contributed by atoms with Gasteiger partial charge in [0, 0.05) is 12.2 Å². The maximum Gasteiger partial charge on any atom is 0.172 e. The van der Waals surface area contributed by atoms with Gasteiger partial charge in [0.25, 0.3) is 0 Å². The van der Waals surface area contributed by atoms with Crippen LogP contribution in [0.2, 0.25) is 0 Å². The maximum absolute atomic E-state index is 13.2. The van der Waals surface area contributed by atoms with Gasteiger partial charge in [-0.05, 0) is 31.0 Å². The summed E-state index contributed by atoms with van der Waals surface area (Å²) < 4.78 is 13.2. The molecule has 0 aromatic heterocycles. The van der Waals surface area contributed by atoms with Crippen molar-refractivity contribution in [2.75, 3.05) is 11.4 Å². The van der Waals surface area contributed by atoms with Gasteiger partial charge >= 0.3 is 0 Å². The average molecular weight is 164 g/mol. The van der Waals surface area contributed by atoms with Crippen LogP contribution in [0.25, 0.3) is 0 Å². The van der Waals surface area contributed by atoms with E-state index in [0.29, 0.717) is 6.42 Å². The largest absolute Gasteiger partial charge is 0.342 e. The first kappa shape index (κ1) is 7.59. The van der Waals surface area contributed by atoms with Crippen LogP contribution < -0.4 is 4.90 Å². The standard InChI is InChI=1S/C10H11FN/c11-10-7-4-8-12(10)9-5-2-1-3-6-9/h2-3,5-6,10H,4,7-8H2. The molecule has 0 bridgehead atoms. The van der Waals surface area contributed by atoms with E-state index in [1.807, 2.05) is 24.3 Å². The zero-order valence-electron chi connectivity index (χ0n) is 6.83. The van der Waals surface area contributed by atoms with Crippen LogP contribution in [-0.2, 0) is 0 Å². The van der Waals surface area contributed by atoms with E-state index in [1.54, 1.807) is 4.90 Å². The van der Waals surface area contributed by atoms with Crippen LogP contribution in [0.3, 0.4) is 0 Å². The smallest absolute Gasteiger partial charge is 0.172 e. The zero-order valence-corrected chi connectivity index (χ0v) is 6.83. The number of hydrogen-bond acceptors (Lipinski definition) is 1. The molecule has 1 fully saturated rings. The van der Waals surface area contributed by atoms with Crippen LogP contribution in [0, 0.1) is 6.07 Å². The van der Waals surface area contributed by atoms with Gasteiger partial charge in [0.2, 0.25) is 0 Å². The molecular weight excluding hydrogens is 153 g/mol. The highest BCUT2D eigenvalue weighted by Crippen LogP contribution is 2.25. The molecule has 0 saturated carbocycles. The van der Waals surface area contributed by atoms with Gasteiger partial charge in [-0.25, -0.2) is 4.39 Å². The quantitative estimate of drug-likeness (QED) is 0.576. The topological polar surface area (TPSA) is 3.24 Å². The Hall–Kier alpha value is -1.05. The predicted molar refractivity (Wildman–Crippen MR) is 46.8 cm³/mol. The summed E-state index contributed by atoms with van der Waals surface area (Å²) in [5.41, 5.74) is 0.971. The second kappa shape index (κ2) is 3.13. The molecule has 1 aromatic carbocycles. The Labute approximate surface area is 71.8 Å². The molecule has 1 aliphatic heterocycles. The Morgan fingerprint density at radius 3 is 2.75 bits per heavy atom. The van der Waals surface area contributed by atoms with Crippen molar-refractivity contribution >= 4 is 5.69 Å². The SMILES string of the molecule is FC1CCCN1c1cc[c]cc1. The van der Waals surface area contributed by atoms with Gasteiger partial charge in [0.1, 0.15) is 0 Å². The summed E-state index contributed by atoms with van der Waals surface area (Å²) in [5.74, 6) is 0.